The first kappa shape index (κ1) is 39.9. The van der Waals surface area contributed by atoms with Crippen LogP contribution in [0.4, 0.5) is 0 Å². The maximum absolute atomic E-state index is 3.67. The van der Waals surface area contributed by atoms with Gasteiger partial charge in [0.15, 0.2) is 0 Å². The summed E-state index contributed by atoms with van der Waals surface area (Å²) in [5.41, 5.74) is 13.0. The summed E-state index contributed by atoms with van der Waals surface area (Å²) >= 11 is 1.46. The zero-order valence-corrected chi connectivity index (χ0v) is 33.0. The molecule has 4 aromatic rings. The van der Waals surface area contributed by atoms with Crippen molar-refractivity contribution in [2.75, 3.05) is 0 Å². The van der Waals surface area contributed by atoms with Gasteiger partial charge in [-0.3, -0.25) is 6.08 Å². The maximum atomic E-state index is 3.67. The third-order valence-corrected chi connectivity index (χ3v) is 9.57. The first-order valence-electron chi connectivity index (χ1n) is 15.8. The zero-order valence-electron chi connectivity index (χ0n) is 29.0. The standard InChI is InChI=1S/C21H25.C17H18.C5H5.2ClH.Zr/c1-20(2,3)16-7-9-18-14(12-16)11-15-13-17(21(4,5)6)8-10-19(15)18;1-17(2,3)16-11-9-15(10-12-16)13-14-7-5-4-6-8-14;1-2-4-5-3-1;;;/h7-10,12H,11H2,1-6H3;4-12H,1-3H3;1-3H,4H2;2*1H;/q-1;;-1;;;+2/p-2. The van der Waals surface area contributed by atoms with Crippen LogP contribution in [0.2, 0.25) is 0 Å². The molecule has 0 heterocycles. The molecule has 0 amide bonds. The van der Waals surface area contributed by atoms with E-state index in [1.807, 2.05) is 12.2 Å². The third kappa shape index (κ3) is 10.6. The van der Waals surface area contributed by atoms with Crippen molar-refractivity contribution in [1.29, 1.82) is 0 Å². The average molecular weight is 727 g/mol. The van der Waals surface area contributed by atoms with Gasteiger partial charge in [0.2, 0.25) is 0 Å². The molecule has 0 nitrogen and oxygen atoms in total. The number of hydrogen-bond acceptors (Lipinski definition) is 0. The molecule has 46 heavy (non-hydrogen) atoms. The fraction of sp³-hybridized carbons (Fsp3) is 0.326. The average Bonchev–Trinajstić information content (AvgIpc) is 3.68. The van der Waals surface area contributed by atoms with Crippen LogP contribution >= 0.6 is 0 Å². The van der Waals surface area contributed by atoms with E-state index in [-0.39, 0.29) is 41.1 Å². The Morgan fingerprint density at radius 1 is 0.630 bits per heavy atom. The van der Waals surface area contributed by atoms with E-state index in [9.17, 15) is 0 Å². The summed E-state index contributed by atoms with van der Waals surface area (Å²) < 4.78 is 1.42. The van der Waals surface area contributed by atoms with Gasteiger partial charge in [0.1, 0.15) is 0 Å². The fourth-order valence-corrected chi connectivity index (χ4v) is 6.10. The van der Waals surface area contributed by atoms with Gasteiger partial charge in [-0.2, -0.15) is 29.8 Å². The van der Waals surface area contributed by atoms with Crippen LogP contribution in [-0.4, -0.2) is 3.21 Å². The van der Waals surface area contributed by atoms with Crippen LogP contribution < -0.4 is 24.8 Å². The zero-order chi connectivity index (χ0) is 32.1. The van der Waals surface area contributed by atoms with Gasteiger partial charge < -0.3 is 24.8 Å². The number of halogens is 2. The van der Waals surface area contributed by atoms with Gasteiger partial charge in [-0.05, 0) is 28.4 Å². The molecule has 0 bridgehead atoms. The van der Waals surface area contributed by atoms with Crippen LogP contribution in [0.1, 0.15) is 108 Å². The second-order valence-corrected chi connectivity index (χ2v) is 16.1. The second kappa shape index (κ2) is 16.7. The van der Waals surface area contributed by atoms with Crippen molar-refractivity contribution in [3.05, 3.63) is 154 Å². The summed E-state index contributed by atoms with van der Waals surface area (Å²) in [7, 11) is 0. The van der Waals surface area contributed by atoms with E-state index in [4.69, 9.17) is 0 Å². The minimum Gasteiger partial charge on any atom is -1.00 e. The van der Waals surface area contributed by atoms with Crippen molar-refractivity contribution >= 4 is 3.21 Å². The number of fused-ring (bicyclic) bond motifs is 3. The molecule has 0 saturated carbocycles. The SMILES string of the molecule is CC(C)(C)c1[c-]c2c(cc1)-c1ccc(C(C)(C)C)cc1C2.CC(C)(C)c1ccc([C](=[Zr+2])c2ccccc2)cc1.[C-]1=CC=CC1.[Cl-].[Cl-]. The Bertz CT molecular complexity index is 1570. The molecule has 2 aliphatic carbocycles. The minimum absolute atomic E-state index is 0. The van der Waals surface area contributed by atoms with Gasteiger partial charge in [-0.25, -0.2) is 12.2 Å². The molecule has 3 heteroatoms. The Morgan fingerprint density at radius 3 is 1.70 bits per heavy atom. The monoisotopic (exact) mass is 724 g/mol. The Labute approximate surface area is 307 Å². The summed E-state index contributed by atoms with van der Waals surface area (Å²) in [5.74, 6) is 0. The van der Waals surface area contributed by atoms with Crippen molar-refractivity contribution < 1.29 is 49.0 Å². The van der Waals surface area contributed by atoms with Crippen molar-refractivity contribution in [2.24, 2.45) is 0 Å². The van der Waals surface area contributed by atoms with Gasteiger partial charge in [-0.15, -0.1) is 17.5 Å². The van der Waals surface area contributed by atoms with Crippen LogP contribution in [0.3, 0.4) is 0 Å². The molecule has 4 aromatic carbocycles. The first-order valence-corrected chi connectivity index (χ1v) is 17.0. The molecule has 0 unspecified atom stereocenters. The number of hydrogen-bond donors (Lipinski definition) is 0. The maximum Gasteiger partial charge on any atom is -0.109 e. The summed E-state index contributed by atoms with van der Waals surface area (Å²) in [5, 5.41) is 0. The number of rotatable bonds is 2. The number of benzene rings is 4. The third-order valence-electron chi connectivity index (χ3n) is 8.15. The van der Waals surface area contributed by atoms with Crippen molar-refractivity contribution in [3.63, 3.8) is 0 Å². The van der Waals surface area contributed by atoms with E-state index < -0.39 is 0 Å². The predicted octanol–water partition coefficient (Wildman–Crippen LogP) is 5.07. The predicted molar refractivity (Wildman–Crippen MR) is 187 cm³/mol. The van der Waals surface area contributed by atoms with E-state index in [1.165, 1.54) is 77.5 Å². The van der Waals surface area contributed by atoms with Crippen LogP contribution in [0.15, 0.2) is 103 Å². The van der Waals surface area contributed by atoms with Crippen LogP contribution in [0.5, 0.6) is 0 Å². The topological polar surface area (TPSA) is 0 Å². The van der Waals surface area contributed by atoms with E-state index in [1.54, 1.807) is 0 Å². The van der Waals surface area contributed by atoms with Crippen molar-refractivity contribution in [2.45, 2.75) is 91.4 Å². The molecule has 0 N–H and O–H groups in total. The molecule has 0 aliphatic heterocycles. The second-order valence-electron chi connectivity index (χ2n) is 14.9. The fourth-order valence-electron chi connectivity index (χ4n) is 5.28. The molecule has 240 valence electrons. The molecule has 0 aromatic heterocycles. The molecule has 0 saturated heterocycles. The van der Waals surface area contributed by atoms with E-state index in [2.05, 4.69) is 165 Å². The van der Waals surface area contributed by atoms with Gasteiger partial charge >= 0.3 is 125 Å². The van der Waals surface area contributed by atoms with Crippen molar-refractivity contribution in [1.82, 2.24) is 0 Å². The molecule has 2 aliphatic rings. The van der Waals surface area contributed by atoms with Gasteiger partial charge in [0.25, 0.3) is 0 Å². The van der Waals surface area contributed by atoms with Crippen LogP contribution in [0, 0.1) is 12.1 Å². The molecule has 0 spiro atoms. The van der Waals surface area contributed by atoms with E-state index in [0.29, 0.717) is 0 Å². The summed E-state index contributed by atoms with van der Waals surface area (Å²) in [6.07, 6.45) is 11.0. The molecule has 0 atom stereocenters. The quantitative estimate of drug-likeness (QED) is 0.223. The summed E-state index contributed by atoms with van der Waals surface area (Å²) in [6, 6.07) is 34.8. The van der Waals surface area contributed by atoms with Crippen molar-refractivity contribution in [3.8, 4) is 11.1 Å². The van der Waals surface area contributed by atoms with Gasteiger partial charge in [-0.1, -0.05) is 65.3 Å². The Morgan fingerprint density at radius 2 is 1.20 bits per heavy atom. The molecular weight excluding hydrogens is 679 g/mol. The molecule has 6 rings (SSSR count). The van der Waals surface area contributed by atoms with Gasteiger partial charge in [0.05, 0.1) is 0 Å². The Balaban J connectivity index is 0.000000270. The first-order chi connectivity index (χ1) is 20.6. The summed E-state index contributed by atoms with van der Waals surface area (Å²) in [6.45, 7) is 20.4. The molecular formula is C43H48Cl2Zr-2. The molecule has 0 radical (unpaired) electrons. The van der Waals surface area contributed by atoms with Gasteiger partial charge in [0, 0.05) is 0 Å². The van der Waals surface area contributed by atoms with E-state index >= 15 is 0 Å². The minimum atomic E-state index is 0. The van der Waals surface area contributed by atoms with E-state index in [0.717, 1.165) is 12.8 Å². The Hall–Kier alpha value is -2.31. The smallest absolute Gasteiger partial charge is 0.109 e. The number of allylic oxidation sites excluding steroid dienone is 4. The molecule has 0 fully saturated rings. The normalized spacial score (nSPS) is 12.8. The summed E-state index contributed by atoms with van der Waals surface area (Å²) in [4.78, 5) is 0. The van der Waals surface area contributed by atoms with Crippen LogP contribution in [0.25, 0.3) is 11.1 Å². The van der Waals surface area contributed by atoms with Crippen LogP contribution in [-0.2, 0) is 46.9 Å². The Kier molecular flexibility index (Phi) is 14.5. The largest absolute Gasteiger partial charge is 1.00 e.